The second kappa shape index (κ2) is 8.14. The summed E-state index contributed by atoms with van der Waals surface area (Å²) in [7, 11) is 1.54. The molecular weight excluding hydrogens is 274 g/mol. The molecule has 1 N–H and O–H groups in total. The van der Waals surface area contributed by atoms with Gasteiger partial charge in [0.05, 0.1) is 20.1 Å². The van der Waals surface area contributed by atoms with E-state index in [1.54, 1.807) is 33.1 Å². The smallest absolute Gasteiger partial charge is 0.323 e. The SMILES string of the molecule is COc1ccccc1OCCC(=O)N(CC(=O)O)C(C)C. The molecule has 0 bridgehead atoms. The first-order chi connectivity index (χ1) is 9.95. The van der Waals surface area contributed by atoms with Gasteiger partial charge in [-0.1, -0.05) is 12.1 Å². The van der Waals surface area contributed by atoms with E-state index in [1.807, 2.05) is 12.1 Å². The summed E-state index contributed by atoms with van der Waals surface area (Å²) < 4.78 is 10.7. The lowest BCUT2D eigenvalue weighted by Crippen LogP contribution is -2.41. The molecule has 21 heavy (non-hydrogen) atoms. The number of amides is 1. The predicted octanol–water partition coefficient (Wildman–Crippen LogP) is 1.79. The lowest BCUT2D eigenvalue weighted by Gasteiger charge is -2.24. The van der Waals surface area contributed by atoms with E-state index < -0.39 is 5.97 Å². The average Bonchev–Trinajstić information content (AvgIpc) is 2.44. The number of hydrogen-bond donors (Lipinski definition) is 1. The quantitative estimate of drug-likeness (QED) is 0.791. The summed E-state index contributed by atoms with van der Waals surface area (Å²) in [6, 6.07) is 6.98. The van der Waals surface area contributed by atoms with Crippen molar-refractivity contribution in [3.05, 3.63) is 24.3 Å². The number of carbonyl (C=O) groups is 2. The van der Waals surface area contributed by atoms with Crippen LogP contribution in [0.5, 0.6) is 11.5 Å². The van der Waals surface area contributed by atoms with Crippen molar-refractivity contribution in [1.82, 2.24) is 4.90 Å². The highest BCUT2D eigenvalue weighted by Gasteiger charge is 2.19. The van der Waals surface area contributed by atoms with Crippen LogP contribution < -0.4 is 9.47 Å². The maximum absolute atomic E-state index is 12.0. The Morgan fingerprint density at radius 2 is 1.86 bits per heavy atom. The van der Waals surface area contributed by atoms with Gasteiger partial charge in [0.25, 0.3) is 0 Å². The van der Waals surface area contributed by atoms with Crippen molar-refractivity contribution >= 4 is 11.9 Å². The monoisotopic (exact) mass is 295 g/mol. The summed E-state index contributed by atoms with van der Waals surface area (Å²) in [5.41, 5.74) is 0. The van der Waals surface area contributed by atoms with Crippen molar-refractivity contribution < 1.29 is 24.2 Å². The zero-order valence-electron chi connectivity index (χ0n) is 12.5. The molecule has 6 nitrogen and oxygen atoms in total. The molecule has 6 heteroatoms. The van der Waals surface area contributed by atoms with Crippen LogP contribution in [0.1, 0.15) is 20.3 Å². The van der Waals surface area contributed by atoms with Gasteiger partial charge in [-0.05, 0) is 26.0 Å². The van der Waals surface area contributed by atoms with E-state index in [4.69, 9.17) is 14.6 Å². The van der Waals surface area contributed by atoms with E-state index in [0.717, 1.165) is 0 Å². The summed E-state index contributed by atoms with van der Waals surface area (Å²) in [5.74, 6) is -0.122. The summed E-state index contributed by atoms with van der Waals surface area (Å²) in [5, 5.41) is 8.81. The van der Waals surface area contributed by atoms with Crippen molar-refractivity contribution in [2.24, 2.45) is 0 Å². The van der Waals surface area contributed by atoms with E-state index in [9.17, 15) is 9.59 Å². The first kappa shape index (κ1) is 16.8. The van der Waals surface area contributed by atoms with Crippen LogP contribution in [0.3, 0.4) is 0 Å². The zero-order valence-corrected chi connectivity index (χ0v) is 12.5. The van der Waals surface area contributed by atoms with Gasteiger partial charge in [-0.3, -0.25) is 9.59 Å². The van der Waals surface area contributed by atoms with E-state index in [2.05, 4.69) is 0 Å². The fourth-order valence-corrected chi connectivity index (χ4v) is 1.83. The van der Waals surface area contributed by atoms with Crippen LogP contribution in [0.25, 0.3) is 0 Å². The van der Waals surface area contributed by atoms with Crippen LogP contribution in [-0.4, -0.2) is 48.2 Å². The molecule has 1 aromatic carbocycles. The summed E-state index contributed by atoms with van der Waals surface area (Å²) >= 11 is 0. The summed E-state index contributed by atoms with van der Waals surface area (Å²) in [6.45, 7) is 3.43. The highest BCUT2D eigenvalue weighted by molar-refractivity contribution is 5.81. The molecule has 0 aliphatic carbocycles. The normalized spacial score (nSPS) is 10.3. The lowest BCUT2D eigenvalue weighted by molar-refractivity contribution is -0.146. The third-order valence-corrected chi connectivity index (χ3v) is 2.89. The van der Waals surface area contributed by atoms with Crippen LogP contribution in [0.15, 0.2) is 24.3 Å². The minimum Gasteiger partial charge on any atom is -0.493 e. The molecule has 0 saturated carbocycles. The van der Waals surface area contributed by atoms with Gasteiger partial charge in [-0.2, -0.15) is 0 Å². The molecule has 0 radical (unpaired) electrons. The molecule has 1 amide bonds. The zero-order chi connectivity index (χ0) is 15.8. The molecule has 0 aliphatic rings. The highest BCUT2D eigenvalue weighted by Crippen LogP contribution is 2.25. The Labute approximate surface area is 124 Å². The number of rotatable bonds is 8. The molecule has 0 fully saturated rings. The fourth-order valence-electron chi connectivity index (χ4n) is 1.83. The first-order valence-electron chi connectivity index (χ1n) is 6.72. The topological polar surface area (TPSA) is 76.1 Å². The molecule has 0 saturated heterocycles. The lowest BCUT2D eigenvalue weighted by atomic mass is 10.2. The number of carboxylic acid groups (broad SMARTS) is 1. The average molecular weight is 295 g/mol. The molecular formula is C15H21NO5. The Balaban J connectivity index is 2.53. The van der Waals surface area contributed by atoms with Gasteiger partial charge in [0, 0.05) is 6.04 Å². The largest absolute Gasteiger partial charge is 0.493 e. The van der Waals surface area contributed by atoms with Crippen molar-refractivity contribution in [3.8, 4) is 11.5 Å². The number of aliphatic carboxylic acids is 1. The Morgan fingerprint density at radius 1 is 1.24 bits per heavy atom. The Hall–Kier alpha value is -2.24. The molecule has 1 aromatic rings. The number of nitrogens with zero attached hydrogens (tertiary/aromatic N) is 1. The van der Waals surface area contributed by atoms with E-state index in [1.165, 1.54) is 4.90 Å². The molecule has 116 valence electrons. The van der Waals surface area contributed by atoms with E-state index >= 15 is 0 Å². The molecule has 0 unspecified atom stereocenters. The molecule has 0 atom stereocenters. The van der Waals surface area contributed by atoms with Gasteiger partial charge >= 0.3 is 5.97 Å². The summed E-state index contributed by atoms with van der Waals surface area (Å²) in [4.78, 5) is 24.1. The van der Waals surface area contributed by atoms with Crippen LogP contribution in [0.4, 0.5) is 0 Å². The van der Waals surface area contributed by atoms with Crippen molar-refractivity contribution in [2.45, 2.75) is 26.3 Å². The highest BCUT2D eigenvalue weighted by atomic mass is 16.5. The predicted molar refractivity (Wildman–Crippen MR) is 77.6 cm³/mol. The minimum atomic E-state index is -1.03. The fraction of sp³-hybridized carbons (Fsp3) is 0.467. The Bertz CT molecular complexity index is 487. The number of benzene rings is 1. The molecule has 0 spiro atoms. The van der Waals surface area contributed by atoms with Gasteiger partial charge < -0.3 is 19.5 Å². The molecule has 1 rings (SSSR count). The molecule has 0 aliphatic heterocycles. The maximum atomic E-state index is 12.0. The van der Waals surface area contributed by atoms with Gasteiger partial charge in [-0.15, -0.1) is 0 Å². The molecule has 0 heterocycles. The van der Waals surface area contributed by atoms with Crippen LogP contribution >= 0.6 is 0 Å². The maximum Gasteiger partial charge on any atom is 0.323 e. The third kappa shape index (κ3) is 5.33. The Kier molecular flexibility index (Phi) is 6.52. The number of carboxylic acids is 1. The first-order valence-corrected chi connectivity index (χ1v) is 6.72. The van der Waals surface area contributed by atoms with Gasteiger partial charge in [0.1, 0.15) is 6.54 Å². The second-order valence-corrected chi connectivity index (χ2v) is 4.76. The van der Waals surface area contributed by atoms with Crippen LogP contribution in [-0.2, 0) is 9.59 Å². The van der Waals surface area contributed by atoms with Crippen LogP contribution in [0, 0.1) is 0 Å². The van der Waals surface area contributed by atoms with Crippen molar-refractivity contribution in [1.29, 1.82) is 0 Å². The number of hydrogen-bond acceptors (Lipinski definition) is 4. The number of ether oxygens (including phenoxy) is 2. The van der Waals surface area contributed by atoms with Crippen LogP contribution in [0.2, 0.25) is 0 Å². The molecule has 0 aromatic heterocycles. The van der Waals surface area contributed by atoms with Crippen molar-refractivity contribution in [3.63, 3.8) is 0 Å². The van der Waals surface area contributed by atoms with E-state index in [0.29, 0.717) is 11.5 Å². The van der Waals surface area contributed by atoms with Crippen molar-refractivity contribution in [2.75, 3.05) is 20.3 Å². The third-order valence-electron chi connectivity index (χ3n) is 2.89. The van der Waals surface area contributed by atoms with Gasteiger partial charge in [0.15, 0.2) is 11.5 Å². The number of carbonyl (C=O) groups excluding carboxylic acids is 1. The second-order valence-electron chi connectivity index (χ2n) is 4.76. The number of para-hydroxylation sites is 2. The summed E-state index contributed by atoms with van der Waals surface area (Å²) in [6.07, 6.45) is 0.115. The minimum absolute atomic E-state index is 0.115. The van der Waals surface area contributed by atoms with Gasteiger partial charge in [0.2, 0.25) is 5.91 Å². The van der Waals surface area contributed by atoms with E-state index in [-0.39, 0.29) is 31.5 Å². The standard InChI is InChI=1S/C15H21NO5/c1-11(2)16(10-15(18)19)14(17)8-9-21-13-7-5-4-6-12(13)20-3/h4-7,11H,8-10H2,1-3H3,(H,18,19). The Morgan fingerprint density at radius 3 is 2.38 bits per heavy atom. The van der Waals surface area contributed by atoms with Gasteiger partial charge in [-0.25, -0.2) is 0 Å². The number of methoxy groups -OCH3 is 1.